The van der Waals surface area contributed by atoms with Crippen LogP contribution in [-0.4, -0.2) is 54.2 Å². The summed E-state index contributed by atoms with van der Waals surface area (Å²) in [5.74, 6) is 1.81. The maximum Gasteiger partial charge on any atom is 0.175 e. The Morgan fingerprint density at radius 3 is 3.03 bits per heavy atom. The van der Waals surface area contributed by atoms with Crippen molar-refractivity contribution in [2.24, 2.45) is 11.7 Å². The number of fused-ring (bicyclic) bond motifs is 2. The maximum atomic E-state index is 13.0. The lowest BCUT2D eigenvalue weighted by Gasteiger charge is -2.26. The molecule has 0 bridgehead atoms. The number of hydrogen-bond acceptors (Lipinski definition) is 9. The van der Waals surface area contributed by atoms with Gasteiger partial charge in [0.1, 0.15) is 16.4 Å². The largest absolute Gasteiger partial charge is 0.493 e. The number of nitrogen functional groups attached to an aromatic ring is 1. The monoisotopic (exact) mass is 467 g/mol. The van der Waals surface area contributed by atoms with Gasteiger partial charge in [0, 0.05) is 60.9 Å². The summed E-state index contributed by atoms with van der Waals surface area (Å²) in [6, 6.07) is 5.80. The Morgan fingerprint density at radius 1 is 1.36 bits per heavy atom. The van der Waals surface area contributed by atoms with Crippen LogP contribution in [0.25, 0.3) is 10.2 Å². The minimum Gasteiger partial charge on any atom is -0.493 e. The zero-order valence-corrected chi connectivity index (χ0v) is 19.7. The molecule has 3 atom stereocenters. The molecule has 0 aromatic carbocycles. The number of Topliss-reactive ketones (excluding diaryl/α,β-unsaturated/α-hetero) is 1. The van der Waals surface area contributed by atoms with Crippen molar-refractivity contribution in [3.05, 3.63) is 40.5 Å². The molecule has 0 spiro atoms. The van der Waals surface area contributed by atoms with E-state index in [1.807, 2.05) is 38.2 Å². The summed E-state index contributed by atoms with van der Waals surface area (Å²) in [7, 11) is 0. The van der Waals surface area contributed by atoms with Gasteiger partial charge in [-0.05, 0) is 32.4 Å². The van der Waals surface area contributed by atoms with Gasteiger partial charge in [-0.3, -0.25) is 4.79 Å². The first-order valence-electron chi connectivity index (χ1n) is 11.4. The van der Waals surface area contributed by atoms with Gasteiger partial charge < -0.3 is 25.8 Å². The normalized spacial score (nSPS) is 22.4. The molecule has 0 saturated carbocycles. The van der Waals surface area contributed by atoms with Crippen LogP contribution in [-0.2, 0) is 11.2 Å². The Bertz CT molecular complexity index is 1200. The molecule has 174 valence electrons. The van der Waals surface area contributed by atoms with E-state index in [4.69, 9.17) is 20.9 Å². The van der Waals surface area contributed by atoms with E-state index >= 15 is 0 Å². The fourth-order valence-electron chi connectivity index (χ4n) is 4.65. The van der Waals surface area contributed by atoms with Crippen molar-refractivity contribution in [1.29, 1.82) is 0 Å². The number of ketones is 1. The summed E-state index contributed by atoms with van der Waals surface area (Å²) in [6.45, 7) is 6.49. The standard InChI is InChI=1S/C24H29N5O3S/c1-3-31-20-11-29(10-17(20)25)21-8-19-15(9-27-21)6-14(12-32-19)7-18(30)23-22(26)16-5-4-13(2)28-24(16)33-23/h4-5,8-9,14,17,20H,3,6-7,10-12,25-26H2,1-2H3/t14-,17-,20-/m0/s1. The lowest BCUT2D eigenvalue weighted by atomic mass is 9.92. The third-order valence-corrected chi connectivity index (χ3v) is 7.54. The molecule has 0 amide bonds. The molecular weight excluding hydrogens is 438 g/mol. The molecule has 0 radical (unpaired) electrons. The Labute approximate surface area is 196 Å². The number of thiophene rings is 1. The number of carbonyl (C=O) groups is 1. The van der Waals surface area contributed by atoms with Gasteiger partial charge in [0.15, 0.2) is 5.78 Å². The Morgan fingerprint density at radius 2 is 2.21 bits per heavy atom. The van der Waals surface area contributed by atoms with Crippen molar-refractivity contribution >= 4 is 38.8 Å². The molecule has 4 N–H and O–H groups in total. The van der Waals surface area contributed by atoms with Gasteiger partial charge in [0.2, 0.25) is 0 Å². The van der Waals surface area contributed by atoms with Crippen molar-refractivity contribution in [3.8, 4) is 5.75 Å². The first-order chi connectivity index (χ1) is 15.9. The second-order valence-corrected chi connectivity index (χ2v) is 9.87. The molecule has 2 aliphatic rings. The van der Waals surface area contributed by atoms with Gasteiger partial charge in [-0.1, -0.05) is 0 Å². The third kappa shape index (κ3) is 4.28. The van der Waals surface area contributed by atoms with E-state index in [-0.39, 0.29) is 23.8 Å². The fourth-order valence-corrected chi connectivity index (χ4v) is 5.74. The molecule has 5 heterocycles. The molecule has 0 unspecified atom stereocenters. The van der Waals surface area contributed by atoms with Gasteiger partial charge in [-0.25, -0.2) is 9.97 Å². The average molecular weight is 468 g/mol. The highest BCUT2D eigenvalue weighted by molar-refractivity contribution is 7.21. The molecule has 33 heavy (non-hydrogen) atoms. The van der Waals surface area contributed by atoms with Crippen molar-refractivity contribution < 1.29 is 14.3 Å². The van der Waals surface area contributed by atoms with E-state index < -0.39 is 0 Å². The molecule has 9 heteroatoms. The third-order valence-electron chi connectivity index (χ3n) is 6.39. The van der Waals surface area contributed by atoms with E-state index in [1.165, 1.54) is 11.3 Å². The quantitative estimate of drug-likeness (QED) is 0.532. The zero-order valence-electron chi connectivity index (χ0n) is 18.9. The zero-order chi connectivity index (χ0) is 23.1. The van der Waals surface area contributed by atoms with Crippen LogP contribution in [0.1, 0.15) is 34.3 Å². The average Bonchev–Trinajstić information content (AvgIpc) is 3.33. The van der Waals surface area contributed by atoms with Crippen LogP contribution < -0.4 is 21.1 Å². The predicted octanol–water partition coefficient (Wildman–Crippen LogP) is 2.96. The number of aromatic nitrogens is 2. The minimum absolute atomic E-state index is 0.0181. The highest BCUT2D eigenvalue weighted by atomic mass is 32.1. The van der Waals surface area contributed by atoms with Crippen LogP contribution in [0, 0.1) is 12.8 Å². The fraction of sp³-hybridized carbons (Fsp3) is 0.458. The first kappa shape index (κ1) is 22.1. The first-order valence-corrected chi connectivity index (χ1v) is 12.2. The molecule has 3 aromatic heterocycles. The number of nitrogens with two attached hydrogens (primary N) is 2. The van der Waals surface area contributed by atoms with E-state index in [0.29, 0.717) is 36.7 Å². The number of rotatable bonds is 6. The van der Waals surface area contributed by atoms with Crippen LogP contribution in [0.15, 0.2) is 24.4 Å². The minimum atomic E-state index is -0.0282. The summed E-state index contributed by atoms with van der Waals surface area (Å²) >= 11 is 1.38. The summed E-state index contributed by atoms with van der Waals surface area (Å²) in [5, 5.41) is 0.851. The van der Waals surface area contributed by atoms with Crippen molar-refractivity contribution in [2.75, 3.05) is 36.9 Å². The molecule has 1 saturated heterocycles. The van der Waals surface area contributed by atoms with E-state index in [0.717, 1.165) is 46.0 Å². The van der Waals surface area contributed by atoms with Gasteiger partial charge >= 0.3 is 0 Å². The molecule has 8 nitrogen and oxygen atoms in total. The van der Waals surface area contributed by atoms with Crippen molar-refractivity contribution in [1.82, 2.24) is 9.97 Å². The predicted molar refractivity (Wildman–Crippen MR) is 130 cm³/mol. The molecule has 3 aromatic rings. The molecule has 1 fully saturated rings. The smallest absolute Gasteiger partial charge is 0.175 e. The van der Waals surface area contributed by atoms with Crippen LogP contribution >= 0.6 is 11.3 Å². The van der Waals surface area contributed by atoms with E-state index in [1.54, 1.807) is 0 Å². The van der Waals surface area contributed by atoms with E-state index in [9.17, 15) is 4.79 Å². The number of anilines is 2. The van der Waals surface area contributed by atoms with E-state index in [2.05, 4.69) is 14.9 Å². The molecule has 2 aliphatic heterocycles. The number of aryl methyl sites for hydroxylation is 1. The number of pyridine rings is 2. The van der Waals surface area contributed by atoms with Gasteiger partial charge in [0.05, 0.1) is 29.3 Å². The SMILES string of the molecule is CCO[C@H]1CN(c2cc3c(cn2)C[C@@H](CC(=O)c2sc4nc(C)ccc4c2N)CO3)C[C@@H]1N. The highest BCUT2D eigenvalue weighted by Gasteiger charge is 2.32. The van der Waals surface area contributed by atoms with Crippen molar-refractivity contribution in [3.63, 3.8) is 0 Å². The van der Waals surface area contributed by atoms with Gasteiger partial charge in [-0.15, -0.1) is 11.3 Å². The van der Waals surface area contributed by atoms with Crippen molar-refractivity contribution in [2.45, 2.75) is 38.8 Å². The second-order valence-electron chi connectivity index (χ2n) is 8.87. The Hall–Kier alpha value is -2.75. The molecule has 5 rings (SSSR count). The lowest BCUT2D eigenvalue weighted by Crippen LogP contribution is -2.35. The maximum absolute atomic E-state index is 13.0. The summed E-state index contributed by atoms with van der Waals surface area (Å²) < 4.78 is 11.8. The number of hydrogen-bond donors (Lipinski definition) is 2. The summed E-state index contributed by atoms with van der Waals surface area (Å²) in [5.41, 5.74) is 15.0. The van der Waals surface area contributed by atoms with Crippen LogP contribution in [0.3, 0.4) is 0 Å². The molecular formula is C24H29N5O3S. The number of ether oxygens (including phenoxy) is 2. The topological polar surface area (TPSA) is 117 Å². The number of nitrogens with zero attached hydrogens (tertiary/aromatic N) is 3. The highest BCUT2D eigenvalue weighted by Crippen LogP contribution is 2.36. The Balaban J connectivity index is 1.26. The van der Waals surface area contributed by atoms with Crippen LogP contribution in [0.4, 0.5) is 11.5 Å². The van der Waals surface area contributed by atoms with Gasteiger partial charge in [-0.2, -0.15) is 0 Å². The second kappa shape index (κ2) is 8.89. The molecule has 0 aliphatic carbocycles. The number of carbonyl (C=O) groups excluding carboxylic acids is 1. The van der Waals surface area contributed by atoms with Crippen LogP contribution in [0.5, 0.6) is 5.75 Å². The lowest BCUT2D eigenvalue weighted by molar-refractivity contribution is 0.0680. The summed E-state index contributed by atoms with van der Waals surface area (Å²) in [4.78, 5) is 25.8. The van der Waals surface area contributed by atoms with Gasteiger partial charge in [0.25, 0.3) is 0 Å². The van der Waals surface area contributed by atoms with Crippen LogP contribution in [0.2, 0.25) is 0 Å². The summed E-state index contributed by atoms with van der Waals surface area (Å²) in [6.07, 6.45) is 3.01. The Kier molecular flexibility index (Phi) is 5.94.